The van der Waals surface area contributed by atoms with Crippen LogP contribution in [0.1, 0.15) is 13.8 Å². The van der Waals surface area contributed by atoms with Crippen molar-refractivity contribution in [1.29, 1.82) is 0 Å². The topological polar surface area (TPSA) is 83.9 Å². The molecule has 0 aromatic heterocycles. The van der Waals surface area contributed by atoms with Gasteiger partial charge in [0.25, 0.3) is 0 Å². The van der Waals surface area contributed by atoms with Crippen LogP contribution in [0.3, 0.4) is 0 Å². The molecule has 0 unspecified atom stereocenters. The standard InChI is InChI=1S/C12H16BrNO5S/c1-8(2)14(7-12(15)16)20(17,18)9-4-5-10(13)11(6-9)19-3/h4-6,8H,7H2,1-3H3,(H,15,16). The highest BCUT2D eigenvalue weighted by Crippen LogP contribution is 2.29. The van der Waals surface area contributed by atoms with Gasteiger partial charge in [-0.25, -0.2) is 8.42 Å². The lowest BCUT2D eigenvalue weighted by molar-refractivity contribution is -0.137. The predicted octanol–water partition coefficient (Wildman–Crippen LogP) is 1.94. The minimum atomic E-state index is -3.89. The van der Waals surface area contributed by atoms with Crippen LogP contribution < -0.4 is 4.74 Å². The summed E-state index contributed by atoms with van der Waals surface area (Å²) in [6, 6.07) is 3.84. The molecule has 112 valence electrons. The minimum absolute atomic E-state index is 0.00694. The molecule has 1 aromatic carbocycles. The fourth-order valence-corrected chi connectivity index (χ4v) is 3.63. The third-order valence-corrected chi connectivity index (χ3v) is 5.27. The lowest BCUT2D eigenvalue weighted by atomic mass is 10.3. The average Bonchev–Trinajstić information content (AvgIpc) is 2.35. The number of carboxylic acids is 1. The molecule has 0 heterocycles. The number of benzene rings is 1. The van der Waals surface area contributed by atoms with Crippen LogP contribution in [-0.4, -0.2) is 43.5 Å². The summed E-state index contributed by atoms with van der Waals surface area (Å²) in [5.41, 5.74) is 0. The quantitative estimate of drug-likeness (QED) is 0.832. The van der Waals surface area contributed by atoms with Crippen molar-refractivity contribution < 1.29 is 23.1 Å². The second-order valence-electron chi connectivity index (χ2n) is 4.33. The number of hydrogen-bond acceptors (Lipinski definition) is 4. The summed E-state index contributed by atoms with van der Waals surface area (Å²) in [5, 5.41) is 8.85. The first kappa shape index (κ1) is 16.9. The summed E-state index contributed by atoms with van der Waals surface area (Å²) in [6.07, 6.45) is 0. The van der Waals surface area contributed by atoms with Gasteiger partial charge in [-0.15, -0.1) is 0 Å². The molecule has 1 N–H and O–H groups in total. The molecule has 0 radical (unpaired) electrons. The molecule has 0 aliphatic rings. The van der Waals surface area contributed by atoms with Gasteiger partial charge < -0.3 is 9.84 Å². The van der Waals surface area contributed by atoms with Crippen molar-refractivity contribution in [1.82, 2.24) is 4.31 Å². The number of halogens is 1. The summed E-state index contributed by atoms with van der Waals surface area (Å²) in [6.45, 7) is 2.66. The Kier molecular flexibility index (Phi) is 5.55. The van der Waals surface area contributed by atoms with Gasteiger partial charge in [-0.3, -0.25) is 4.79 Å². The number of methoxy groups -OCH3 is 1. The van der Waals surface area contributed by atoms with Gasteiger partial charge in [0.05, 0.1) is 16.5 Å². The first-order valence-corrected chi connectivity index (χ1v) is 8.00. The third kappa shape index (κ3) is 3.71. The van der Waals surface area contributed by atoms with Crippen LogP contribution in [0.25, 0.3) is 0 Å². The largest absolute Gasteiger partial charge is 0.496 e. The second kappa shape index (κ2) is 6.55. The van der Waals surface area contributed by atoms with E-state index in [-0.39, 0.29) is 4.90 Å². The lowest BCUT2D eigenvalue weighted by Crippen LogP contribution is -2.40. The van der Waals surface area contributed by atoms with E-state index in [0.29, 0.717) is 10.2 Å². The first-order valence-electron chi connectivity index (χ1n) is 5.77. The van der Waals surface area contributed by atoms with Gasteiger partial charge in [0, 0.05) is 12.1 Å². The van der Waals surface area contributed by atoms with Crippen LogP contribution in [-0.2, 0) is 14.8 Å². The zero-order valence-electron chi connectivity index (χ0n) is 11.3. The molecule has 0 amide bonds. The summed E-state index contributed by atoms with van der Waals surface area (Å²) in [4.78, 5) is 10.8. The van der Waals surface area contributed by atoms with Crippen molar-refractivity contribution in [3.05, 3.63) is 22.7 Å². The Morgan fingerprint density at radius 3 is 2.50 bits per heavy atom. The molecule has 6 nitrogen and oxygen atoms in total. The van der Waals surface area contributed by atoms with Crippen LogP contribution in [0.5, 0.6) is 5.75 Å². The number of rotatable bonds is 6. The Bertz CT molecular complexity index is 600. The maximum absolute atomic E-state index is 12.5. The Morgan fingerprint density at radius 2 is 2.05 bits per heavy atom. The molecule has 1 aromatic rings. The second-order valence-corrected chi connectivity index (χ2v) is 7.08. The highest BCUT2D eigenvalue weighted by Gasteiger charge is 2.29. The maximum atomic E-state index is 12.5. The van der Waals surface area contributed by atoms with Gasteiger partial charge in [0.2, 0.25) is 10.0 Å². The zero-order valence-corrected chi connectivity index (χ0v) is 13.7. The Labute approximate surface area is 126 Å². The van der Waals surface area contributed by atoms with Crippen molar-refractivity contribution >= 4 is 31.9 Å². The number of ether oxygens (including phenoxy) is 1. The van der Waals surface area contributed by atoms with Crippen molar-refractivity contribution in [2.45, 2.75) is 24.8 Å². The molecule has 0 atom stereocenters. The normalized spacial score (nSPS) is 11.9. The van der Waals surface area contributed by atoms with E-state index in [1.165, 1.54) is 19.2 Å². The number of carbonyl (C=O) groups is 1. The summed E-state index contributed by atoms with van der Waals surface area (Å²) in [7, 11) is -2.47. The van der Waals surface area contributed by atoms with Crippen molar-refractivity contribution in [3.63, 3.8) is 0 Å². The highest BCUT2D eigenvalue weighted by molar-refractivity contribution is 9.10. The number of aliphatic carboxylic acids is 1. The SMILES string of the molecule is COc1cc(S(=O)(=O)N(CC(=O)O)C(C)C)ccc1Br. The molecule has 8 heteroatoms. The van der Waals surface area contributed by atoms with Gasteiger partial charge in [0.15, 0.2) is 0 Å². The number of hydrogen-bond donors (Lipinski definition) is 1. The van der Waals surface area contributed by atoms with E-state index in [9.17, 15) is 13.2 Å². The molecule has 1 rings (SSSR count). The molecule has 0 spiro atoms. The van der Waals surface area contributed by atoms with E-state index < -0.39 is 28.6 Å². The van der Waals surface area contributed by atoms with Crippen molar-refractivity contribution in [2.24, 2.45) is 0 Å². The van der Waals surface area contributed by atoms with Crippen LogP contribution >= 0.6 is 15.9 Å². The van der Waals surface area contributed by atoms with E-state index in [0.717, 1.165) is 4.31 Å². The summed E-state index contributed by atoms with van der Waals surface area (Å²) in [5.74, 6) is -0.837. The van der Waals surface area contributed by atoms with E-state index in [1.807, 2.05) is 0 Å². The van der Waals surface area contributed by atoms with E-state index in [2.05, 4.69) is 15.9 Å². The lowest BCUT2D eigenvalue weighted by Gasteiger charge is -2.24. The van der Waals surface area contributed by atoms with Gasteiger partial charge in [-0.05, 0) is 41.9 Å². The van der Waals surface area contributed by atoms with Crippen LogP contribution in [0, 0.1) is 0 Å². The molecule has 0 saturated heterocycles. The highest BCUT2D eigenvalue weighted by atomic mass is 79.9. The van der Waals surface area contributed by atoms with Crippen molar-refractivity contribution in [2.75, 3.05) is 13.7 Å². The summed E-state index contributed by atoms with van der Waals surface area (Å²) >= 11 is 3.24. The molecular weight excluding hydrogens is 350 g/mol. The van der Waals surface area contributed by atoms with Gasteiger partial charge in [0.1, 0.15) is 12.3 Å². The monoisotopic (exact) mass is 365 g/mol. The number of nitrogens with zero attached hydrogens (tertiary/aromatic N) is 1. The molecule has 0 aliphatic heterocycles. The zero-order chi connectivity index (χ0) is 15.5. The maximum Gasteiger partial charge on any atom is 0.318 e. The molecular formula is C12H16BrNO5S. The number of carboxylic acid groups (broad SMARTS) is 1. The molecule has 20 heavy (non-hydrogen) atoms. The Morgan fingerprint density at radius 1 is 1.45 bits per heavy atom. The molecule has 0 fully saturated rings. The fourth-order valence-electron chi connectivity index (χ4n) is 1.61. The average molecular weight is 366 g/mol. The van der Waals surface area contributed by atoms with Crippen LogP contribution in [0.15, 0.2) is 27.6 Å². The number of sulfonamides is 1. The fraction of sp³-hybridized carbons (Fsp3) is 0.417. The van der Waals surface area contributed by atoms with E-state index >= 15 is 0 Å². The van der Waals surface area contributed by atoms with Crippen LogP contribution in [0.2, 0.25) is 0 Å². The molecule has 0 aliphatic carbocycles. The van der Waals surface area contributed by atoms with Gasteiger partial charge >= 0.3 is 5.97 Å². The first-order chi connectivity index (χ1) is 9.20. The Balaban J connectivity index is 3.29. The Hall–Kier alpha value is -1.12. The van der Waals surface area contributed by atoms with E-state index in [1.54, 1.807) is 19.9 Å². The van der Waals surface area contributed by atoms with Crippen LogP contribution in [0.4, 0.5) is 0 Å². The molecule has 0 bridgehead atoms. The predicted molar refractivity (Wildman–Crippen MR) is 77.4 cm³/mol. The molecule has 0 saturated carbocycles. The third-order valence-electron chi connectivity index (χ3n) is 2.60. The summed E-state index contributed by atoms with van der Waals surface area (Å²) < 4.78 is 31.6. The van der Waals surface area contributed by atoms with Gasteiger partial charge in [-0.1, -0.05) is 0 Å². The van der Waals surface area contributed by atoms with Crippen molar-refractivity contribution in [3.8, 4) is 5.75 Å². The minimum Gasteiger partial charge on any atom is -0.496 e. The van der Waals surface area contributed by atoms with Gasteiger partial charge in [-0.2, -0.15) is 4.31 Å². The van der Waals surface area contributed by atoms with E-state index in [4.69, 9.17) is 9.84 Å². The smallest absolute Gasteiger partial charge is 0.318 e.